The molecule has 0 saturated carbocycles. The van der Waals surface area contributed by atoms with Crippen molar-refractivity contribution in [1.82, 2.24) is 5.32 Å². The summed E-state index contributed by atoms with van der Waals surface area (Å²) in [7, 11) is -2.44. The van der Waals surface area contributed by atoms with Crippen molar-refractivity contribution in [2.75, 3.05) is 31.4 Å². The Hall–Kier alpha value is -2.29. The Balaban J connectivity index is 2.16. The van der Waals surface area contributed by atoms with Crippen LogP contribution < -0.4 is 10.2 Å². The molecule has 0 radical (unpaired) electrons. The molecule has 9 heteroatoms. The Morgan fingerprint density at radius 3 is 2.29 bits per heavy atom. The van der Waals surface area contributed by atoms with Crippen molar-refractivity contribution in [3.8, 4) is 0 Å². The molecular formula is C19H28N2O6S. The van der Waals surface area contributed by atoms with Gasteiger partial charge in [0.1, 0.15) is 10.5 Å². The molecule has 0 bridgehead atoms. The number of hydrogen-bond donors (Lipinski definition) is 1. The van der Waals surface area contributed by atoms with E-state index in [1.807, 2.05) is 4.90 Å². The number of alkyl carbamates (subject to hydrolysis) is 1. The summed E-state index contributed by atoms with van der Waals surface area (Å²) in [5.74, 6) is -0.691. The van der Waals surface area contributed by atoms with Gasteiger partial charge in [-0.25, -0.2) is 18.0 Å². The zero-order chi connectivity index (χ0) is 21.1. The predicted octanol–water partition coefficient (Wildman–Crippen LogP) is 2.37. The Morgan fingerprint density at radius 1 is 1.18 bits per heavy atom. The van der Waals surface area contributed by atoms with Crippen LogP contribution in [0.25, 0.3) is 0 Å². The molecule has 0 aromatic heterocycles. The molecule has 1 aliphatic rings. The molecule has 1 saturated heterocycles. The van der Waals surface area contributed by atoms with E-state index in [2.05, 4.69) is 5.32 Å². The molecule has 1 aliphatic heterocycles. The first-order valence-electron chi connectivity index (χ1n) is 9.08. The number of anilines is 1. The summed E-state index contributed by atoms with van der Waals surface area (Å²) in [6.45, 7) is 6.48. The standard InChI is InChI=1S/C19H28N2O6S/c1-19(2,3)27-18(23)20-13-9-11-21(12-10-13)15-8-6-7-14(17(22)26-4)16(15)28(5,24)25/h6-8,13H,9-12H2,1-5H3,(H,20,23). The number of esters is 1. The van der Waals surface area contributed by atoms with Crippen LogP contribution in [0.2, 0.25) is 0 Å². The monoisotopic (exact) mass is 412 g/mol. The lowest BCUT2D eigenvalue weighted by Crippen LogP contribution is -2.46. The van der Waals surface area contributed by atoms with Crippen molar-refractivity contribution < 1.29 is 27.5 Å². The van der Waals surface area contributed by atoms with E-state index in [-0.39, 0.29) is 16.5 Å². The Labute approximate surface area is 166 Å². The van der Waals surface area contributed by atoms with Crippen LogP contribution in [0.3, 0.4) is 0 Å². The topological polar surface area (TPSA) is 102 Å². The highest BCUT2D eigenvalue weighted by Crippen LogP contribution is 2.31. The number of ether oxygens (including phenoxy) is 2. The lowest BCUT2D eigenvalue weighted by Gasteiger charge is -2.35. The zero-order valence-electron chi connectivity index (χ0n) is 16.9. The molecule has 8 nitrogen and oxygen atoms in total. The fraction of sp³-hybridized carbons (Fsp3) is 0.579. The first kappa shape index (κ1) is 22.0. The number of nitrogens with one attached hydrogen (secondary N) is 1. The molecule has 0 spiro atoms. The highest BCUT2D eigenvalue weighted by Gasteiger charge is 2.29. The van der Waals surface area contributed by atoms with Crippen LogP contribution in [-0.2, 0) is 19.3 Å². The smallest absolute Gasteiger partial charge is 0.407 e. The van der Waals surface area contributed by atoms with Gasteiger partial charge in [0.05, 0.1) is 18.4 Å². The number of piperidine rings is 1. The average Bonchev–Trinajstić information content (AvgIpc) is 2.58. The molecule has 0 aliphatic carbocycles. The number of carbonyl (C=O) groups is 2. The van der Waals surface area contributed by atoms with Crippen LogP contribution in [0.1, 0.15) is 44.0 Å². The van der Waals surface area contributed by atoms with Crippen molar-refractivity contribution in [2.45, 2.75) is 50.2 Å². The van der Waals surface area contributed by atoms with Gasteiger partial charge in [0, 0.05) is 25.4 Å². The van der Waals surface area contributed by atoms with Crippen molar-refractivity contribution >= 4 is 27.6 Å². The van der Waals surface area contributed by atoms with E-state index in [1.54, 1.807) is 32.9 Å². The van der Waals surface area contributed by atoms with Gasteiger partial charge in [-0.1, -0.05) is 6.07 Å². The van der Waals surface area contributed by atoms with Crippen LogP contribution >= 0.6 is 0 Å². The number of carbonyl (C=O) groups excluding carboxylic acids is 2. The lowest BCUT2D eigenvalue weighted by molar-refractivity contribution is 0.0496. The van der Waals surface area contributed by atoms with Crippen LogP contribution in [0.5, 0.6) is 0 Å². The highest BCUT2D eigenvalue weighted by atomic mass is 32.2. The van der Waals surface area contributed by atoms with Crippen LogP contribution in [0.15, 0.2) is 23.1 Å². The van der Waals surface area contributed by atoms with E-state index >= 15 is 0 Å². The number of rotatable bonds is 4. The Bertz CT molecular complexity index is 836. The SMILES string of the molecule is COC(=O)c1cccc(N2CCC(NC(=O)OC(C)(C)C)CC2)c1S(C)(=O)=O. The molecule has 2 rings (SSSR count). The maximum atomic E-state index is 12.4. The Morgan fingerprint density at radius 2 is 1.79 bits per heavy atom. The molecule has 1 aromatic rings. The van der Waals surface area contributed by atoms with Gasteiger partial charge in [0.15, 0.2) is 9.84 Å². The minimum absolute atomic E-state index is 0.0245. The summed E-state index contributed by atoms with van der Waals surface area (Å²) in [4.78, 5) is 25.9. The quantitative estimate of drug-likeness (QED) is 0.758. The summed E-state index contributed by atoms with van der Waals surface area (Å²) in [5.41, 5.74) is -0.0682. The number of nitrogens with zero attached hydrogens (tertiary/aromatic N) is 1. The molecule has 0 unspecified atom stereocenters. The summed E-state index contributed by atoms with van der Waals surface area (Å²) < 4.78 is 34.8. The van der Waals surface area contributed by atoms with E-state index < -0.39 is 27.5 Å². The number of hydrogen-bond acceptors (Lipinski definition) is 7. The molecule has 156 valence electrons. The molecule has 1 heterocycles. The molecule has 1 fully saturated rings. The molecular weight excluding hydrogens is 384 g/mol. The van der Waals surface area contributed by atoms with Gasteiger partial charge in [-0.15, -0.1) is 0 Å². The second-order valence-electron chi connectivity index (χ2n) is 7.83. The molecule has 1 amide bonds. The average molecular weight is 413 g/mol. The third-order valence-electron chi connectivity index (χ3n) is 4.33. The highest BCUT2D eigenvalue weighted by molar-refractivity contribution is 7.91. The minimum Gasteiger partial charge on any atom is -0.465 e. The van der Waals surface area contributed by atoms with Gasteiger partial charge in [-0.2, -0.15) is 0 Å². The third-order valence-corrected chi connectivity index (χ3v) is 5.50. The number of methoxy groups -OCH3 is 1. The number of sulfone groups is 1. The Kier molecular flexibility index (Phi) is 6.59. The third kappa shape index (κ3) is 5.60. The summed E-state index contributed by atoms with van der Waals surface area (Å²) >= 11 is 0. The maximum Gasteiger partial charge on any atom is 0.407 e. The van der Waals surface area contributed by atoms with Gasteiger partial charge in [0.25, 0.3) is 0 Å². The number of amides is 1. The van der Waals surface area contributed by atoms with Crippen molar-refractivity contribution in [3.05, 3.63) is 23.8 Å². The second-order valence-corrected chi connectivity index (χ2v) is 9.78. The van der Waals surface area contributed by atoms with Crippen LogP contribution in [-0.4, -0.2) is 58.6 Å². The van der Waals surface area contributed by atoms with E-state index in [1.165, 1.54) is 13.2 Å². The molecule has 28 heavy (non-hydrogen) atoms. The predicted molar refractivity (Wildman–Crippen MR) is 105 cm³/mol. The van der Waals surface area contributed by atoms with Crippen molar-refractivity contribution in [2.24, 2.45) is 0 Å². The summed E-state index contributed by atoms with van der Waals surface area (Å²) in [6.07, 6.45) is 1.88. The van der Waals surface area contributed by atoms with Crippen LogP contribution in [0.4, 0.5) is 10.5 Å². The summed E-state index contributed by atoms with van der Waals surface area (Å²) in [5, 5.41) is 2.85. The fourth-order valence-electron chi connectivity index (χ4n) is 3.17. The molecule has 1 aromatic carbocycles. The molecule has 0 atom stereocenters. The summed E-state index contributed by atoms with van der Waals surface area (Å²) in [6, 6.07) is 4.71. The van der Waals surface area contributed by atoms with E-state index in [0.717, 1.165) is 6.26 Å². The first-order valence-corrected chi connectivity index (χ1v) is 11.0. The van der Waals surface area contributed by atoms with E-state index in [4.69, 9.17) is 9.47 Å². The van der Waals surface area contributed by atoms with Gasteiger partial charge in [-0.3, -0.25) is 0 Å². The fourth-order valence-corrected chi connectivity index (χ4v) is 4.30. The van der Waals surface area contributed by atoms with Crippen LogP contribution in [0, 0.1) is 0 Å². The van der Waals surface area contributed by atoms with E-state index in [0.29, 0.717) is 31.6 Å². The molecule has 1 N–H and O–H groups in total. The minimum atomic E-state index is -3.65. The van der Waals surface area contributed by atoms with Gasteiger partial charge in [0.2, 0.25) is 0 Å². The van der Waals surface area contributed by atoms with Crippen molar-refractivity contribution in [3.63, 3.8) is 0 Å². The van der Waals surface area contributed by atoms with E-state index in [9.17, 15) is 18.0 Å². The van der Waals surface area contributed by atoms with Gasteiger partial charge in [-0.05, 0) is 45.7 Å². The van der Waals surface area contributed by atoms with Crippen molar-refractivity contribution in [1.29, 1.82) is 0 Å². The van der Waals surface area contributed by atoms with Gasteiger partial charge < -0.3 is 19.7 Å². The number of benzene rings is 1. The second kappa shape index (κ2) is 8.38. The largest absolute Gasteiger partial charge is 0.465 e. The normalized spacial score (nSPS) is 15.8. The van der Waals surface area contributed by atoms with Gasteiger partial charge >= 0.3 is 12.1 Å². The zero-order valence-corrected chi connectivity index (χ0v) is 17.8. The lowest BCUT2D eigenvalue weighted by atomic mass is 10.0. The maximum absolute atomic E-state index is 12.4. The first-order chi connectivity index (χ1) is 12.9.